The zero-order chi connectivity index (χ0) is 10.8. The van der Waals surface area contributed by atoms with Gasteiger partial charge in [0.2, 0.25) is 0 Å². The summed E-state index contributed by atoms with van der Waals surface area (Å²) in [6.07, 6.45) is 0. The topological polar surface area (TPSA) is 32.3 Å². The number of aliphatic hydroxyl groups is 1. The van der Waals surface area contributed by atoms with E-state index in [1.54, 1.807) is 0 Å². The van der Waals surface area contributed by atoms with Crippen molar-refractivity contribution in [1.82, 2.24) is 5.32 Å². The van der Waals surface area contributed by atoms with E-state index >= 15 is 0 Å². The predicted octanol–water partition coefficient (Wildman–Crippen LogP) is 1.26. The summed E-state index contributed by atoms with van der Waals surface area (Å²) < 4.78 is 26.4. The fourth-order valence-electron chi connectivity index (χ4n) is 2.09. The Labute approximate surface area is 86.9 Å². The van der Waals surface area contributed by atoms with E-state index in [-0.39, 0.29) is 18.4 Å². The van der Waals surface area contributed by atoms with Crippen molar-refractivity contribution in [3.63, 3.8) is 0 Å². The standard InChI is InChI=1S/C11H13F2NO/c12-8-1-2-11(13)9(3-8)10-5-14-4-7(10)6-15/h1-3,7,10,14-15H,4-6H2/t7-,10+/m0/s1. The number of hydrogen-bond donors (Lipinski definition) is 2. The number of halogens is 2. The molecule has 0 aliphatic carbocycles. The molecule has 0 saturated carbocycles. The summed E-state index contributed by atoms with van der Waals surface area (Å²) in [5.74, 6) is -0.995. The molecule has 1 heterocycles. The molecule has 1 aromatic carbocycles. The first-order chi connectivity index (χ1) is 7.22. The van der Waals surface area contributed by atoms with E-state index in [9.17, 15) is 8.78 Å². The van der Waals surface area contributed by atoms with E-state index in [4.69, 9.17) is 5.11 Å². The normalized spacial score (nSPS) is 25.8. The van der Waals surface area contributed by atoms with Crippen molar-refractivity contribution < 1.29 is 13.9 Å². The summed E-state index contributed by atoms with van der Waals surface area (Å²) >= 11 is 0. The molecule has 0 unspecified atom stereocenters. The highest BCUT2D eigenvalue weighted by atomic mass is 19.1. The van der Waals surface area contributed by atoms with Crippen LogP contribution in [-0.2, 0) is 0 Å². The highest BCUT2D eigenvalue weighted by Crippen LogP contribution is 2.29. The average molecular weight is 213 g/mol. The number of hydrogen-bond acceptors (Lipinski definition) is 2. The highest BCUT2D eigenvalue weighted by molar-refractivity contribution is 5.25. The lowest BCUT2D eigenvalue weighted by molar-refractivity contribution is 0.225. The van der Waals surface area contributed by atoms with Gasteiger partial charge in [-0.15, -0.1) is 0 Å². The van der Waals surface area contributed by atoms with E-state index in [2.05, 4.69) is 5.32 Å². The van der Waals surface area contributed by atoms with Gasteiger partial charge in [0.1, 0.15) is 11.6 Å². The lowest BCUT2D eigenvalue weighted by atomic mass is 9.89. The van der Waals surface area contributed by atoms with Gasteiger partial charge < -0.3 is 10.4 Å². The van der Waals surface area contributed by atoms with Gasteiger partial charge in [-0.25, -0.2) is 8.78 Å². The molecule has 0 amide bonds. The van der Waals surface area contributed by atoms with Crippen LogP contribution >= 0.6 is 0 Å². The molecule has 4 heteroatoms. The number of benzene rings is 1. The quantitative estimate of drug-likeness (QED) is 0.775. The van der Waals surface area contributed by atoms with Crippen molar-refractivity contribution in [1.29, 1.82) is 0 Å². The zero-order valence-corrected chi connectivity index (χ0v) is 8.21. The van der Waals surface area contributed by atoms with Crippen LogP contribution in [0.5, 0.6) is 0 Å². The Kier molecular flexibility index (Phi) is 2.98. The van der Waals surface area contributed by atoms with Crippen LogP contribution < -0.4 is 5.32 Å². The first kappa shape index (κ1) is 10.5. The molecule has 2 atom stereocenters. The Bertz CT molecular complexity index is 356. The van der Waals surface area contributed by atoms with Crippen LogP contribution in [0.2, 0.25) is 0 Å². The minimum atomic E-state index is -0.435. The van der Waals surface area contributed by atoms with Gasteiger partial charge in [0.25, 0.3) is 0 Å². The summed E-state index contributed by atoms with van der Waals surface area (Å²) in [6.45, 7) is 1.23. The van der Waals surface area contributed by atoms with Gasteiger partial charge in [0.15, 0.2) is 0 Å². The molecule has 1 saturated heterocycles. The van der Waals surface area contributed by atoms with Crippen LogP contribution in [-0.4, -0.2) is 24.8 Å². The van der Waals surface area contributed by atoms with Crippen LogP contribution in [0.4, 0.5) is 8.78 Å². The van der Waals surface area contributed by atoms with E-state index in [1.807, 2.05) is 0 Å². The third-order valence-electron chi connectivity index (χ3n) is 2.93. The summed E-state index contributed by atoms with van der Waals surface area (Å²) in [7, 11) is 0. The van der Waals surface area contributed by atoms with Gasteiger partial charge in [-0.3, -0.25) is 0 Å². The van der Waals surface area contributed by atoms with E-state index in [0.717, 1.165) is 12.1 Å². The average Bonchev–Trinajstić information content (AvgIpc) is 2.69. The van der Waals surface area contributed by atoms with Crippen molar-refractivity contribution in [2.24, 2.45) is 5.92 Å². The SMILES string of the molecule is OC[C@@H]1CNC[C@H]1c1cc(F)ccc1F. The number of aliphatic hydroxyl groups excluding tert-OH is 1. The van der Waals surface area contributed by atoms with Crippen LogP contribution in [0.15, 0.2) is 18.2 Å². The maximum absolute atomic E-state index is 13.5. The third kappa shape index (κ3) is 2.01. The lowest BCUT2D eigenvalue weighted by Gasteiger charge is -2.17. The van der Waals surface area contributed by atoms with Crippen molar-refractivity contribution >= 4 is 0 Å². The molecule has 1 aliphatic rings. The molecule has 82 valence electrons. The van der Waals surface area contributed by atoms with Crippen molar-refractivity contribution in [2.75, 3.05) is 19.7 Å². The minimum absolute atomic E-state index is 0.00633. The smallest absolute Gasteiger partial charge is 0.126 e. The molecular weight excluding hydrogens is 200 g/mol. The molecule has 1 aliphatic heterocycles. The molecule has 0 spiro atoms. The van der Waals surface area contributed by atoms with Gasteiger partial charge >= 0.3 is 0 Å². The second-order valence-corrected chi connectivity index (χ2v) is 3.87. The fourth-order valence-corrected chi connectivity index (χ4v) is 2.09. The Morgan fingerprint density at radius 3 is 2.87 bits per heavy atom. The van der Waals surface area contributed by atoms with Gasteiger partial charge in [-0.2, -0.15) is 0 Å². The maximum Gasteiger partial charge on any atom is 0.126 e. The van der Waals surface area contributed by atoms with Crippen LogP contribution in [0.1, 0.15) is 11.5 Å². The molecule has 0 radical (unpaired) electrons. The van der Waals surface area contributed by atoms with E-state index in [1.165, 1.54) is 6.07 Å². The summed E-state index contributed by atoms with van der Waals surface area (Å²) in [5, 5.41) is 12.2. The molecule has 2 nitrogen and oxygen atoms in total. The van der Waals surface area contributed by atoms with E-state index in [0.29, 0.717) is 18.7 Å². The Balaban J connectivity index is 2.31. The second kappa shape index (κ2) is 4.24. The molecule has 2 rings (SSSR count). The minimum Gasteiger partial charge on any atom is -0.396 e. The van der Waals surface area contributed by atoms with E-state index < -0.39 is 11.6 Å². The van der Waals surface area contributed by atoms with Crippen molar-refractivity contribution in [3.8, 4) is 0 Å². The first-order valence-electron chi connectivity index (χ1n) is 4.99. The summed E-state index contributed by atoms with van der Waals surface area (Å²) in [4.78, 5) is 0. The van der Waals surface area contributed by atoms with Gasteiger partial charge in [-0.05, 0) is 23.8 Å². The van der Waals surface area contributed by atoms with Gasteiger partial charge in [0.05, 0.1) is 0 Å². The van der Waals surface area contributed by atoms with Crippen LogP contribution in [0.25, 0.3) is 0 Å². The predicted molar refractivity (Wildman–Crippen MR) is 52.5 cm³/mol. The molecule has 0 aromatic heterocycles. The summed E-state index contributed by atoms with van der Waals surface area (Å²) in [5.41, 5.74) is 0.360. The molecule has 0 bridgehead atoms. The Morgan fingerprint density at radius 2 is 2.13 bits per heavy atom. The Morgan fingerprint density at radius 1 is 1.33 bits per heavy atom. The Hall–Kier alpha value is -1.00. The second-order valence-electron chi connectivity index (χ2n) is 3.87. The largest absolute Gasteiger partial charge is 0.396 e. The number of nitrogens with one attached hydrogen (secondary N) is 1. The molecule has 1 fully saturated rings. The van der Waals surface area contributed by atoms with Gasteiger partial charge in [0, 0.05) is 31.5 Å². The first-order valence-corrected chi connectivity index (χ1v) is 4.99. The maximum atomic E-state index is 13.5. The monoisotopic (exact) mass is 213 g/mol. The lowest BCUT2D eigenvalue weighted by Crippen LogP contribution is -2.16. The number of rotatable bonds is 2. The molecule has 1 aromatic rings. The zero-order valence-electron chi connectivity index (χ0n) is 8.21. The fraction of sp³-hybridized carbons (Fsp3) is 0.455. The molecule has 2 N–H and O–H groups in total. The van der Waals surface area contributed by atoms with Crippen molar-refractivity contribution in [2.45, 2.75) is 5.92 Å². The summed E-state index contributed by atoms with van der Waals surface area (Å²) in [6, 6.07) is 3.46. The third-order valence-corrected chi connectivity index (χ3v) is 2.93. The van der Waals surface area contributed by atoms with Crippen LogP contribution in [0, 0.1) is 17.6 Å². The van der Waals surface area contributed by atoms with Crippen LogP contribution in [0.3, 0.4) is 0 Å². The van der Waals surface area contributed by atoms with Crippen molar-refractivity contribution in [3.05, 3.63) is 35.4 Å². The van der Waals surface area contributed by atoms with Gasteiger partial charge in [-0.1, -0.05) is 0 Å². The molecule has 15 heavy (non-hydrogen) atoms. The molecular formula is C11H13F2NO. The highest BCUT2D eigenvalue weighted by Gasteiger charge is 2.29.